The first-order chi connectivity index (χ1) is 16.2. The van der Waals surface area contributed by atoms with Gasteiger partial charge in [0.25, 0.3) is 5.91 Å². The Balaban J connectivity index is 1.41. The van der Waals surface area contributed by atoms with Crippen LogP contribution in [0.2, 0.25) is 0 Å². The van der Waals surface area contributed by atoms with E-state index in [1.165, 1.54) is 31.5 Å². The van der Waals surface area contributed by atoms with Gasteiger partial charge in [0, 0.05) is 23.7 Å². The number of anilines is 2. The molecule has 2 heterocycles. The van der Waals surface area contributed by atoms with E-state index in [9.17, 15) is 4.79 Å². The Bertz CT molecular complexity index is 1100. The average molecular weight is 448 g/mol. The summed E-state index contributed by atoms with van der Waals surface area (Å²) >= 11 is 0. The highest BCUT2D eigenvalue weighted by Gasteiger charge is 2.13. The molecule has 1 saturated heterocycles. The molecule has 0 atom stereocenters. The van der Waals surface area contributed by atoms with Crippen molar-refractivity contribution in [3.8, 4) is 5.75 Å². The number of aryl methyl sites for hydroxylation is 1. The number of hydrogen-bond donors (Lipinski definition) is 2. The van der Waals surface area contributed by atoms with E-state index in [1.807, 2.05) is 18.3 Å². The summed E-state index contributed by atoms with van der Waals surface area (Å²) in [5, 5.41) is 7.28. The van der Waals surface area contributed by atoms with Crippen LogP contribution in [0.4, 0.5) is 11.6 Å². The van der Waals surface area contributed by atoms with Gasteiger partial charge >= 0.3 is 0 Å². The van der Waals surface area contributed by atoms with Gasteiger partial charge in [-0.25, -0.2) is 9.97 Å². The fourth-order valence-electron chi connectivity index (χ4n) is 4.30. The lowest BCUT2D eigenvalue weighted by Gasteiger charge is -2.14. The van der Waals surface area contributed by atoms with Crippen molar-refractivity contribution in [2.75, 3.05) is 38.6 Å². The first-order valence-corrected chi connectivity index (χ1v) is 11.9. The molecule has 0 unspecified atom stereocenters. The summed E-state index contributed by atoms with van der Waals surface area (Å²) in [6.45, 7) is 6.35. The van der Waals surface area contributed by atoms with Crippen LogP contribution in [0.15, 0.2) is 42.6 Å². The van der Waals surface area contributed by atoms with Crippen LogP contribution in [0, 0.1) is 0 Å². The minimum absolute atomic E-state index is 0.0884. The standard InChI is InChI=1S/C26H33N5O2/c1-3-19-9-8-10-21-18-28-26(30-24(19)21)29-22-17-20(11-12-23(22)33-2)25(32)27-13-4-5-14-31-15-6-7-16-31/h8-12,17-18H,3-7,13-16H2,1-2H3,(H,27,32)(H,28,29,30). The number of likely N-dealkylation sites (tertiary alicyclic amines) is 1. The lowest BCUT2D eigenvalue weighted by atomic mass is 10.1. The smallest absolute Gasteiger partial charge is 0.251 e. The van der Waals surface area contributed by atoms with E-state index in [0.717, 1.165) is 36.7 Å². The fourth-order valence-corrected chi connectivity index (χ4v) is 4.30. The summed E-state index contributed by atoms with van der Waals surface area (Å²) in [4.78, 5) is 24.4. The van der Waals surface area contributed by atoms with Gasteiger partial charge in [0.15, 0.2) is 0 Å². The second kappa shape index (κ2) is 11.1. The fraction of sp³-hybridized carbons (Fsp3) is 0.423. The summed E-state index contributed by atoms with van der Waals surface area (Å²) in [6, 6.07) is 11.5. The number of rotatable bonds is 10. The number of para-hydroxylation sites is 1. The lowest BCUT2D eigenvalue weighted by Crippen LogP contribution is -2.26. The molecule has 2 aromatic carbocycles. The highest BCUT2D eigenvalue weighted by molar-refractivity contribution is 5.95. The number of aromatic nitrogens is 2. The first-order valence-electron chi connectivity index (χ1n) is 11.9. The molecule has 1 fully saturated rings. The van der Waals surface area contributed by atoms with Crippen molar-refractivity contribution >= 4 is 28.4 Å². The van der Waals surface area contributed by atoms with Gasteiger partial charge in [-0.1, -0.05) is 25.1 Å². The van der Waals surface area contributed by atoms with E-state index in [2.05, 4.69) is 33.5 Å². The molecule has 0 spiro atoms. The molecular weight excluding hydrogens is 414 g/mol. The van der Waals surface area contributed by atoms with Gasteiger partial charge in [0.05, 0.1) is 18.3 Å². The summed E-state index contributed by atoms with van der Waals surface area (Å²) in [5.74, 6) is 1.01. The van der Waals surface area contributed by atoms with Gasteiger partial charge in [-0.3, -0.25) is 4.79 Å². The first kappa shape index (κ1) is 23.0. The quantitative estimate of drug-likeness (QED) is 0.444. The maximum absolute atomic E-state index is 12.7. The average Bonchev–Trinajstić information content (AvgIpc) is 3.37. The van der Waals surface area contributed by atoms with Crippen LogP contribution in [0.5, 0.6) is 5.75 Å². The number of unbranched alkanes of at least 4 members (excludes halogenated alkanes) is 1. The van der Waals surface area contributed by atoms with E-state index < -0.39 is 0 Å². The molecule has 2 N–H and O–H groups in total. The molecule has 7 heteroatoms. The van der Waals surface area contributed by atoms with Crippen molar-refractivity contribution in [1.29, 1.82) is 0 Å². The van der Waals surface area contributed by atoms with Crippen molar-refractivity contribution in [1.82, 2.24) is 20.2 Å². The topological polar surface area (TPSA) is 79.4 Å². The van der Waals surface area contributed by atoms with Gasteiger partial charge in [0.2, 0.25) is 5.95 Å². The molecule has 0 bridgehead atoms. The number of benzene rings is 2. The maximum Gasteiger partial charge on any atom is 0.251 e. The Kier molecular flexibility index (Phi) is 7.73. The van der Waals surface area contributed by atoms with E-state index >= 15 is 0 Å². The monoisotopic (exact) mass is 447 g/mol. The van der Waals surface area contributed by atoms with E-state index in [1.54, 1.807) is 25.3 Å². The van der Waals surface area contributed by atoms with Gasteiger partial charge in [-0.05, 0) is 75.5 Å². The lowest BCUT2D eigenvalue weighted by molar-refractivity contribution is 0.0952. The Morgan fingerprint density at radius 1 is 1.15 bits per heavy atom. The zero-order chi connectivity index (χ0) is 23.0. The number of carbonyl (C=O) groups is 1. The molecular formula is C26H33N5O2. The number of methoxy groups -OCH3 is 1. The Morgan fingerprint density at radius 3 is 2.79 bits per heavy atom. The predicted molar refractivity (Wildman–Crippen MR) is 132 cm³/mol. The third kappa shape index (κ3) is 5.79. The number of carbonyl (C=O) groups excluding carboxylic acids is 1. The molecule has 0 saturated carbocycles. The van der Waals surface area contributed by atoms with Gasteiger partial charge in [0.1, 0.15) is 5.75 Å². The molecule has 4 rings (SSSR count). The van der Waals surface area contributed by atoms with Gasteiger partial charge in [-0.15, -0.1) is 0 Å². The molecule has 3 aromatic rings. The summed E-state index contributed by atoms with van der Waals surface area (Å²) in [5.41, 5.74) is 3.34. The molecule has 0 aliphatic carbocycles. The molecule has 7 nitrogen and oxygen atoms in total. The van der Waals surface area contributed by atoms with Crippen LogP contribution >= 0.6 is 0 Å². The molecule has 1 amide bonds. The SMILES string of the molecule is CCc1cccc2cnc(Nc3cc(C(=O)NCCCCN4CCCC4)ccc3OC)nc12. The maximum atomic E-state index is 12.7. The van der Waals surface area contributed by atoms with E-state index in [4.69, 9.17) is 9.72 Å². The van der Waals surface area contributed by atoms with E-state index in [0.29, 0.717) is 29.5 Å². The van der Waals surface area contributed by atoms with Crippen LogP contribution < -0.4 is 15.4 Å². The van der Waals surface area contributed by atoms with Crippen molar-refractivity contribution in [2.45, 2.75) is 39.0 Å². The molecule has 1 aliphatic rings. The molecule has 174 valence electrons. The van der Waals surface area contributed by atoms with Crippen LogP contribution in [0.3, 0.4) is 0 Å². The third-order valence-electron chi connectivity index (χ3n) is 6.17. The van der Waals surface area contributed by atoms with Crippen LogP contribution in [-0.4, -0.2) is 54.1 Å². The number of nitrogens with one attached hydrogen (secondary N) is 2. The number of amides is 1. The van der Waals surface area contributed by atoms with Crippen molar-refractivity contribution in [2.24, 2.45) is 0 Å². The van der Waals surface area contributed by atoms with Gasteiger partial charge in [-0.2, -0.15) is 0 Å². The second-order valence-corrected chi connectivity index (χ2v) is 8.45. The van der Waals surface area contributed by atoms with Crippen LogP contribution in [0.25, 0.3) is 10.9 Å². The minimum Gasteiger partial charge on any atom is -0.495 e. The minimum atomic E-state index is -0.0884. The Labute approximate surface area is 195 Å². The second-order valence-electron chi connectivity index (χ2n) is 8.45. The number of nitrogens with zero attached hydrogens (tertiary/aromatic N) is 3. The Hall–Kier alpha value is -3.19. The summed E-state index contributed by atoms with van der Waals surface area (Å²) in [6.07, 6.45) is 7.42. The third-order valence-corrected chi connectivity index (χ3v) is 6.17. The summed E-state index contributed by atoms with van der Waals surface area (Å²) in [7, 11) is 1.61. The molecule has 1 aromatic heterocycles. The number of ether oxygens (including phenoxy) is 1. The Morgan fingerprint density at radius 2 is 2.00 bits per heavy atom. The van der Waals surface area contributed by atoms with Crippen molar-refractivity contribution < 1.29 is 9.53 Å². The predicted octanol–water partition coefficient (Wildman–Crippen LogP) is 4.55. The largest absolute Gasteiger partial charge is 0.495 e. The van der Waals surface area contributed by atoms with Crippen molar-refractivity contribution in [3.05, 3.63) is 53.7 Å². The highest BCUT2D eigenvalue weighted by Crippen LogP contribution is 2.28. The van der Waals surface area contributed by atoms with E-state index in [-0.39, 0.29) is 5.91 Å². The summed E-state index contributed by atoms with van der Waals surface area (Å²) < 4.78 is 5.49. The zero-order valence-electron chi connectivity index (χ0n) is 19.6. The number of fused-ring (bicyclic) bond motifs is 1. The number of hydrogen-bond acceptors (Lipinski definition) is 6. The van der Waals surface area contributed by atoms with Gasteiger partial charge < -0.3 is 20.3 Å². The molecule has 1 aliphatic heterocycles. The normalized spacial score (nSPS) is 13.9. The van der Waals surface area contributed by atoms with Crippen LogP contribution in [-0.2, 0) is 6.42 Å². The van der Waals surface area contributed by atoms with Crippen LogP contribution in [0.1, 0.15) is 48.5 Å². The van der Waals surface area contributed by atoms with Crippen molar-refractivity contribution in [3.63, 3.8) is 0 Å². The zero-order valence-corrected chi connectivity index (χ0v) is 19.6. The molecule has 33 heavy (non-hydrogen) atoms. The molecule has 0 radical (unpaired) electrons. The highest BCUT2D eigenvalue weighted by atomic mass is 16.5.